The maximum absolute atomic E-state index is 14.9. The van der Waals surface area contributed by atoms with Crippen molar-refractivity contribution in [3.63, 3.8) is 0 Å². The molecule has 3 aromatic rings. The molecule has 200 valence electrons. The summed E-state index contributed by atoms with van der Waals surface area (Å²) in [6, 6.07) is 6.23. The van der Waals surface area contributed by atoms with Crippen molar-refractivity contribution in [3.05, 3.63) is 46.9 Å². The molecule has 0 saturated carbocycles. The fourth-order valence-electron chi connectivity index (χ4n) is 5.74. The van der Waals surface area contributed by atoms with Crippen LogP contribution in [0.5, 0.6) is 5.75 Å². The second-order valence-electron chi connectivity index (χ2n) is 10.2. The number of fused-ring (bicyclic) bond motifs is 2. The van der Waals surface area contributed by atoms with Gasteiger partial charge < -0.3 is 29.4 Å². The number of benzene rings is 2. The van der Waals surface area contributed by atoms with Crippen LogP contribution in [0.3, 0.4) is 0 Å². The molecule has 1 aromatic heterocycles. The molecule has 3 aliphatic heterocycles. The molecule has 1 N–H and O–H groups in total. The van der Waals surface area contributed by atoms with Crippen molar-refractivity contribution in [2.24, 2.45) is 0 Å². The number of phenolic OH excluding ortho intramolecular Hbond substituents is 1. The van der Waals surface area contributed by atoms with E-state index in [1.54, 1.807) is 23.1 Å². The molecule has 2 saturated heterocycles. The molecule has 0 bridgehead atoms. The summed E-state index contributed by atoms with van der Waals surface area (Å²) in [6.45, 7) is 8.19. The van der Waals surface area contributed by atoms with Crippen molar-refractivity contribution in [2.75, 3.05) is 74.2 Å². The van der Waals surface area contributed by atoms with Gasteiger partial charge in [0.2, 0.25) is 5.95 Å². The molecule has 0 spiro atoms. The van der Waals surface area contributed by atoms with Gasteiger partial charge in [-0.15, -0.1) is 0 Å². The molecule has 9 nitrogen and oxygen atoms in total. The third-order valence-electron chi connectivity index (χ3n) is 7.80. The van der Waals surface area contributed by atoms with E-state index in [1.165, 1.54) is 6.07 Å². The molecule has 3 aliphatic rings. The molecule has 10 heteroatoms. The number of rotatable bonds is 4. The van der Waals surface area contributed by atoms with Crippen LogP contribution < -0.4 is 14.7 Å². The molecular formula is C28H33FN6O3. The summed E-state index contributed by atoms with van der Waals surface area (Å²) in [5.74, 6) is 0.738. The number of nitrogens with zero attached hydrogens (tertiary/aromatic N) is 6. The van der Waals surface area contributed by atoms with Crippen LogP contribution >= 0.6 is 0 Å². The first-order chi connectivity index (χ1) is 18.4. The highest BCUT2D eigenvalue weighted by Gasteiger charge is 2.38. The average Bonchev–Trinajstić information content (AvgIpc) is 3.07. The molecule has 0 unspecified atom stereocenters. The Hall–Kier alpha value is -3.50. The third kappa shape index (κ3) is 4.31. The summed E-state index contributed by atoms with van der Waals surface area (Å²) in [5, 5.41) is 11.9. The van der Waals surface area contributed by atoms with E-state index in [0.717, 1.165) is 39.1 Å². The number of likely N-dealkylation sites (N-methyl/N-ethyl adjacent to an activating group) is 1. The number of aromatic hydroxyl groups is 1. The first kappa shape index (κ1) is 24.8. The van der Waals surface area contributed by atoms with E-state index in [1.807, 2.05) is 6.92 Å². The zero-order chi connectivity index (χ0) is 26.4. The van der Waals surface area contributed by atoms with Crippen LogP contribution in [0.15, 0.2) is 24.3 Å². The number of piperazine rings is 1. The highest BCUT2D eigenvalue weighted by Crippen LogP contribution is 2.41. The Bertz CT molecular complexity index is 1380. The number of carbonyl (C=O) groups is 1. The second kappa shape index (κ2) is 9.99. The molecule has 1 amide bonds. The van der Waals surface area contributed by atoms with Gasteiger partial charge in [-0.05, 0) is 43.0 Å². The first-order valence-electron chi connectivity index (χ1n) is 13.4. The van der Waals surface area contributed by atoms with Crippen molar-refractivity contribution in [1.29, 1.82) is 0 Å². The Balaban J connectivity index is 1.48. The minimum absolute atomic E-state index is 0.0269. The van der Waals surface area contributed by atoms with E-state index in [-0.39, 0.29) is 24.0 Å². The summed E-state index contributed by atoms with van der Waals surface area (Å²) in [7, 11) is 2.10. The van der Waals surface area contributed by atoms with E-state index >= 15 is 0 Å². The highest BCUT2D eigenvalue weighted by molar-refractivity contribution is 6.16. The van der Waals surface area contributed by atoms with Gasteiger partial charge in [0.25, 0.3) is 5.91 Å². The Kier molecular flexibility index (Phi) is 6.53. The first-order valence-corrected chi connectivity index (χ1v) is 13.4. The van der Waals surface area contributed by atoms with Gasteiger partial charge >= 0.3 is 0 Å². The highest BCUT2D eigenvalue weighted by atomic mass is 19.1. The lowest BCUT2D eigenvalue weighted by Crippen LogP contribution is -2.45. The topological polar surface area (TPSA) is 85.3 Å². The number of amides is 1. The van der Waals surface area contributed by atoms with E-state index in [2.05, 4.69) is 21.7 Å². The van der Waals surface area contributed by atoms with Gasteiger partial charge in [-0.2, -0.15) is 4.98 Å². The van der Waals surface area contributed by atoms with Crippen LogP contribution in [0.2, 0.25) is 0 Å². The zero-order valence-electron chi connectivity index (χ0n) is 21.9. The minimum Gasteiger partial charge on any atom is -0.508 e. The SMILES string of the molecule is CCc1c(F)ccc2cc(O)cc(N3Cc4nc(N5CCN(C)CC5)nc(N5CCCOCC5)c4C3=O)c12. The predicted octanol–water partition coefficient (Wildman–Crippen LogP) is 3.18. The standard InChI is InChI=1S/C28H33FN6O3/c1-3-20-21(29)6-5-18-15-19(36)16-23(24(18)20)35-17-22-25(27(35)37)26(33-7-4-13-38-14-12-33)31-28(30-22)34-10-8-32(2)9-11-34/h5-6,15-16,36H,3-4,7-14,17H2,1-2H3. The molecule has 0 aliphatic carbocycles. The Morgan fingerprint density at radius 2 is 1.84 bits per heavy atom. The number of ether oxygens (including phenoxy) is 1. The summed E-state index contributed by atoms with van der Waals surface area (Å²) in [4.78, 5) is 32.2. The van der Waals surface area contributed by atoms with Gasteiger partial charge in [-0.25, -0.2) is 9.37 Å². The van der Waals surface area contributed by atoms with E-state index in [0.29, 0.717) is 71.2 Å². The maximum atomic E-state index is 14.9. The van der Waals surface area contributed by atoms with E-state index in [9.17, 15) is 14.3 Å². The van der Waals surface area contributed by atoms with Crippen LogP contribution in [0.4, 0.5) is 21.8 Å². The molecule has 2 fully saturated rings. The number of hydrogen-bond donors (Lipinski definition) is 1. The Morgan fingerprint density at radius 1 is 1.03 bits per heavy atom. The molecule has 2 aromatic carbocycles. The number of aryl methyl sites for hydroxylation is 1. The van der Waals surface area contributed by atoms with Gasteiger partial charge in [-0.1, -0.05) is 13.0 Å². The van der Waals surface area contributed by atoms with Crippen LogP contribution in [-0.4, -0.2) is 85.4 Å². The van der Waals surface area contributed by atoms with Gasteiger partial charge in [-0.3, -0.25) is 4.79 Å². The van der Waals surface area contributed by atoms with Crippen LogP contribution in [0.25, 0.3) is 10.8 Å². The summed E-state index contributed by atoms with van der Waals surface area (Å²) < 4.78 is 20.5. The predicted molar refractivity (Wildman–Crippen MR) is 145 cm³/mol. The quantitative estimate of drug-likeness (QED) is 0.562. The van der Waals surface area contributed by atoms with Crippen molar-refractivity contribution in [3.8, 4) is 5.75 Å². The summed E-state index contributed by atoms with van der Waals surface area (Å²) >= 11 is 0. The molecule has 38 heavy (non-hydrogen) atoms. The number of halogens is 1. The van der Waals surface area contributed by atoms with Crippen molar-refractivity contribution in [1.82, 2.24) is 14.9 Å². The number of anilines is 3. The van der Waals surface area contributed by atoms with Gasteiger partial charge in [0.15, 0.2) is 0 Å². The Labute approximate surface area is 221 Å². The normalized spacial score (nSPS) is 18.8. The molecular weight excluding hydrogens is 487 g/mol. The van der Waals surface area contributed by atoms with E-state index < -0.39 is 0 Å². The number of hydrogen-bond acceptors (Lipinski definition) is 8. The fourth-order valence-corrected chi connectivity index (χ4v) is 5.74. The van der Waals surface area contributed by atoms with Gasteiger partial charge in [0.1, 0.15) is 22.9 Å². The molecule has 6 rings (SSSR count). The largest absolute Gasteiger partial charge is 0.508 e. The van der Waals surface area contributed by atoms with E-state index in [4.69, 9.17) is 14.7 Å². The van der Waals surface area contributed by atoms with Crippen molar-refractivity contribution < 1.29 is 19.0 Å². The van der Waals surface area contributed by atoms with Gasteiger partial charge in [0.05, 0.1) is 24.5 Å². The van der Waals surface area contributed by atoms with Crippen LogP contribution in [0.1, 0.15) is 35.0 Å². The monoisotopic (exact) mass is 520 g/mol. The minimum atomic E-state index is -0.321. The lowest BCUT2D eigenvalue weighted by Gasteiger charge is -2.33. The van der Waals surface area contributed by atoms with Crippen molar-refractivity contribution in [2.45, 2.75) is 26.3 Å². The van der Waals surface area contributed by atoms with Crippen LogP contribution in [0, 0.1) is 5.82 Å². The lowest BCUT2D eigenvalue weighted by molar-refractivity contribution is 0.0997. The van der Waals surface area contributed by atoms with Crippen LogP contribution in [-0.2, 0) is 17.7 Å². The third-order valence-corrected chi connectivity index (χ3v) is 7.80. The fraction of sp³-hybridized carbons (Fsp3) is 0.464. The number of aromatic nitrogens is 2. The Morgan fingerprint density at radius 3 is 2.63 bits per heavy atom. The number of phenols is 1. The summed E-state index contributed by atoms with van der Waals surface area (Å²) in [5.41, 5.74) is 2.15. The smallest absolute Gasteiger partial charge is 0.264 e. The molecule has 0 radical (unpaired) electrons. The summed E-state index contributed by atoms with van der Waals surface area (Å²) in [6.07, 6.45) is 1.30. The lowest BCUT2D eigenvalue weighted by atomic mass is 9.99. The maximum Gasteiger partial charge on any atom is 0.264 e. The van der Waals surface area contributed by atoms with Crippen molar-refractivity contribution >= 4 is 34.1 Å². The number of carbonyl (C=O) groups excluding carboxylic acids is 1. The molecule has 4 heterocycles. The molecule has 0 atom stereocenters. The zero-order valence-corrected chi connectivity index (χ0v) is 21.9. The second-order valence-corrected chi connectivity index (χ2v) is 10.2. The van der Waals surface area contributed by atoms with Gasteiger partial charge in [0, 0.05) is 57.3 Å². The average molecular weight is 521 g/mol.